The minimum Gasteiger partial charge on any atom is -0.618 e. The Hall–Kier alpha value is -2.96. The lowest BCUT2D eigenvalue weighted by Gasteiger charge is -2.13. The number of nitrogens with zero attached hydrogens (tertiary/aromatic N) is 1. The Balaban J connectivity index is 1.88. The van der Waals surface area contributed by atoms with E-state index in [1.54, 1.807) is 0 Å². The number of nitrogens with one attached hydrogen (secondary N) is 1. The molecule has 1 amide bonds. The van der Waals surface area contributed by atoms with Gasteiger partial charge in [0.2, 0.25) is 0 Å². The molecular weight excluding hydrogens is 303 g/mol. The molecular formula is C16H15FN2O4. The van der Waals surface area contributed by atoms with Crippen molar-refractivity contribution in [2.75, 3.05) is 0 Å². The van der Waals surface area contributed by atoms with Gasteiger partial charge in [-0.2, -0.15) is 4.73 Å². The summed E-state index contributed by atoms with van der Waals surface area (Å²) in [5.41, 5.74) is 0.504. The molecule has 7 heteroatoms. The maximum Gasteiger partial charge on any atom is 0.405 e. The predicted molar refractivity (Wildman–Crippen MR) is 78.5 cm³/mol. The van der Waals surface area contributed by atoms with E-state index >= 15 is 0 Å². The molecule has 1 atom stereocenters. The third-order valence-electron chi connectivity index (χ3n) is 3.07. The van der Waals surface area contributed by atoms with Crippen molar-refractivity contribution in [3.8, 4) is 0 Å². The summed E-state index contributed by atoms with van der Waals surface area (Å²) in [5.74, 6) is -1.77. The van der Waals surface area contributed by atoms with Gasteiger partial charge in [-0.25, -0.2) is 9.18 Å². The number of hydrogen-bond acceptors (Lipinski definition) is 4. The fourth-order valence-corrected chi connectivity index (χ4v) is 1.80. The summed E-state index contributed by atoms with van der Waals surface area (Å²) in [7, 11) is 0. The van der Waals surface area contributed by atoms with Crippen LogP contribution in [0.5, 0.6) is 0 Å². The molecule has 2 rings (SSSR count). The minimum atomic E-state index is -1.07. The second kappa shape index (κ2) is 7.35. The fourth-order valence-electron chi connectivity index (χ4n) is 1.80. The number of rotatable bonds is 5. The summed E-state index contributed by atoms with van der Waals surface area (Å²) in [6.45, 7) is 1.57. The topological polar surface area (TPSA) is 82.3 Å². The second-order valence-electron chi connectivity index (χ2n) is 4.80. The number of halogens is 1. The lowest BCUT2D eigenvalue weighted by molar-refractivity contribution is -0.608. The number of carbonyl (C=O) groups excluding carboxylic acids is 2. The molecule has 0 saturated carbocycles. The van der Waals surface area contributed by atoms with Crippen LogP contribution in [0, 0.1) is 11.0 Å². The maximum atomic E-state index is 12.8. The largest absolute Gasteiger partial charge is 0.618 e. The first kappa shape index (κ1) is 16.4. The molecule has 120 valence electrons. The van der Waals surface area contributed by atoms with Crippen molar-refractivity contribution in [2.24, 2.45) is 0 Å². The molecule has 0 aliphatic heterocycles. The van der Waals surface area contributed by atoms with Crippen LogP contribution >= 0.6 is 0 Å². The number of amides is 1. The monoisotopic (exact) mass is 318 g/mol. The van der Waals surface area contributed by atoms with E-state index in [4.69, 9.17) is 4.74 Å². The van der Waals surface area contributed by atoms with E-state index in [1.165, 1.54) is 49.4 Å². The molecule has 6 nitrogen and oxygen atoms in total. The Morgan fingerprint density at radius 2 is 1.96 bits per heavy atom. The van der Waals surface area contributed by atoms with Gasteiger partial charge >= 0.3 is 11.7 Å². The van der Waals surface area contributed by atoms with Crippen molar-refractivity contribution in [1.82, 2.24) is 5.32 Å². The van der Waals surface area contributed by atoms with Gasteiger partial charge in [0.05, 0.1) is 0 Å². The molecule has 1 heterocycles. The second-order valence-corrected chi connectivity index (χ2v) is 4.80. The van der Waals surface area contributed by atoms with Crippen LogP contribution in [0.2, 0.25) is 0 Å². The normalized spacial score (nSPS) is 11.6. The highest BCUT2D eigenvalue weighted by molar-refractivity contribution is 5.89. The van der Waals surface area contributed by atoms with E-state index in [1.807, 2.05) is 0 Å². The average Bonchev–Trinajstić information content (AvgIpc) is 2.54. The van der Waals surface area contributed by atoms with Gasteiger partial charge < -0.3 is 15.3 Å². The summed E-state index contributed by atoms with van der Waals surface area (Å²) in [6, 6.07) is 9.94. The molecule has 0 fully saturated rings. The van der Waals surface area contributed by atoms with Crippen molar-refractivity contribution in [3.63, 3.8) is 0 Å². The Kier molecular flexibility index (Phi) is 5.24. The number of esters is 1. The van der Waals surface area contributed by atoms with Gasteiger partial charge in [-0.15, -0.1) is 0 Å². The summed E-state index contributed by atoms with van der Waals surface area (Å²) in [5, 5.41) is 14.0. The van der Waals surface area contributed by atoms with Gasteiger partial charge in [-0.05, 0) is 30.7 Å². The van der Waals surface area contributed by atoms with Crippen LogP contribution in [0.4, 0.5) is 4.39 Å². The van der Waals surface area contributed by atoms with Crippen LogP contribution < -0.4 is 10.0 Å². The molecule has 1 N–H and O–H groups in total. The molecule has 0 bridgehead atoms. The Morgan fingerprint density at radius 1 is 1.26 bits per heavy atom. The first-order valence-electron chi connectivity index (χ1n) is 6.88. The summed E-state index contributed by atoms with van der Waals surface area (Å²) in [6.07, 6.45) is 0.0960. The van der Waals surface area contributed by atoms with E-state index < -0.39 is 18.0 Å². The lowest BCUT2D eigenvalue weighted by Crippen LogP contribution is -2.39. The first-order chi connectivity index (χ1) is 11.0. The quantitative estimate of drug-likeness (QED) is 0.512. The standard InChI is InChI=1S/C16H15FN2O4/c1-11(23-16(21)14-4-2-3-9-19(14)22)15(20)18-10-12-5-7-13(17)8-6-12/h2-9,11H,10H2,1H3,(H,18,20)/t11-/m1/s1. The van der Waals surface area contributed by atoms with Crippen molar-refractivity contribution in [1.29, 1.82) is 0 Å². The van der Waals surface area contributed by atoms with E-state index in [-0.39, 0.29) is 18.1 Å². The molecule has 0 spiro atoms. The minimum absolute atomic E-state index is 0.175. The highest BCUT2D eigenvalue weighted by Crippen LogP contribution is 2.03. The van der Waals surface area contributed by atoms with Crippen LogP contribution in [-0.2, 0) is 16.1 Å². The number of pyridine rings is 1. The van der Waals surface area contributed by atoms with Gasteiger partial charge in [0.1, 0.15) is 5.82 Å². The Morgan fingerprint density at radius 3 is 2.61 bits per heavy atom. The fraction of sp³-hybridized carbons (Fsp3) is 0.188. The summed E-state index contributed by atoms with van der Waals surface area (Å²) >= 11 is 0. The van der Waals surface area contributed by atoms with Crippen molar-refractivity contribution in [3.05, 3.63) is 70.9 Å². The van der Waals surface area contributed by atoms with Crippen LogP contribution in [0.1, 0.15) is 23.0 Å². The van der Waals surface area contributed by atoms with E-state index in [2.05, 4.69) is 5.32 Å². The Labute approximate surface area is 132 Å². The molecule has 1 aromatic carbocycles. The zero-order valence-corrected chi connectivity index (χ0v) is 12.4. The number of ether oxygens (including phenoxy) is 1. The molecule has 0 radical (unpaired) electrons. The molecule has 1 aromatic heterocycles. The van der Waals surface area contributed by atoms with E-state index in [0.29, 0.717) is 10.3 Å². The van der Waals surface area contributed by atoms with Gasteiger partial charge in [-0.1, -0.05) is 12.1 Å². The molecule has 0 aliphatic carbocycles. The molecule has 0 aliphatic rings. The van der Waals surface area contributed by atoms with Crippen LogP contribution in [0.25, 0.3) is 0 Å². The number of benzene rings is 1. The lowest BCUT2D eigenvalue weighted by atomic mass is 10.2. The van der Waals surface area contributed by atoms with Gasteiger partial charge in [0, 0.05) is 18.7 Å². The smallest absolute Gasteiger partial charge is 0.405 e. The molecule has 2 aromatic rings. The summed E-state index contributed by atoms with van der Waals surface area (Å²) in [4.78, 5) is 23.7. The molecule has 23 heavy (non-hydrogen) atoms. The third-order valence-corrected chi connectivity index (χ3v) is 3.07. The zero-order chi connectivity index (χ0) is 16.8. The van der Waals surface area contributed by atoms with E-state index in [9.17, 15) is 19.2 Å². The SMILES string of the molecule is C[C@@H](OC(=O)c1cccc[n+]1[O-])C(=O)NCc1ccc(F)cc1. The van der Waals surface area contributed by atoms with E-state index in [0.717, 1.165) is 6.20 Å². The van der Waals surface area contributed by atoms with Gasteiger partial charge in [0.25, 0.3) is 5.91 Å². The predicted octanol–water partition coefficient (Wildman–Crippen LogP) is 1.32. The number of hydrogen-bond donors (Lipinski definition) is 1. The maximum absolute atomic E-state index is 12.8. The highest BCUT2D eigenvalue weighted by Gasteiger charge is 2.23. The third kappa shape index (κ3) is 4.50. The molecule has 0 saturated heterocycles. The Bertz CT molecular complexity index is 703. The first-order valence-corrected chi connectivity index (χ1v) is 6.88. The van der Waals surface area contributed by atoms with Crippen molar-refractivity contribution in [2.45, 2.75) is 19.6 Å². The number of aromatic nitrogens is 1. The van der Waals surface area contributed by atoms with Crippen LogP contribution in [-0.4, -0.2) is 18.0 Å². The van der Waals surface area contributed by atoms with Crippen molar-refractivity contribution < 1.29 is 23.4 Å². The highest BCUT2D eigenvalue weighted by atomic mass is 19.1. The van der Waals surface area contributed by atoms with Gasteiger partial charge in [-0.3, -0.25) is 4.79 Å². The number of carbonyl (C=O) groups is 2. The van der Waals surface area contributed by atoms with Crippen LogP contribution in [0.3, 0.4) is 0 Å². The summed E-state index contributed by atoms with van der Waals surface area (Å²) < 4.78 is 18.1. The van der Waals surface area contributed by atoms with Crippen LogP contribution in [0.15, 0.2) is 48.7 Å². The molecule has 0 unspecified atom stereocenters. The van der Waals surface area contributed by atoms with Gasteiger partial charge in [0.15, 0.2) is 12.3 Å². The zero-order valence-electron chi connectivity index (χ0n) is 12.4. The average molecular weight is 318 g/mol. The van der Waals surface area contributed by atoms with Crippen molar-refractivity contribution >= 4 is 11.9 Å².